The van der Waals surface area contributed by atoms with Crippen LogP contribution in [0.25, 0.3) is 11.1 Å². The first-order valence-corrected chi connectivity index (χ1v) is 6.95. The van der Waals surface area contributed by atoms with Crippen molar-refractivity contribution in [2.75, 3.05) is 26.0 Å². The highest BCUT2D eigenvalue weighted by Gasteiger charge is 2.14. The number of carbonyl (C=O) groups excluding carboxylic acids is 1. The zero-order valence-electron chi connectivity index (χ0n) is 12.9. The third-order valence-corrected chi connectivity index (χ3v) is 3.63. The van der Waals surface area contributed by atoms with Gasteiger partial charge in [0.1, 0.15) is 0 Å². The topological polar surface area (TPSA) is 95.4 Å². The van der Waals surface area contributed by atoms with E-state index >= 15 is 0 Å². The largest absolute Gasteiger partial charge is 0.449 e. The van der Waals surface area contributed by atoms with Crippen LogP contribution in [-0.4, -0.2) is 32.0 Å². The standard InChI is InChI=1S/C16H15N3O4/c1-17-16(22)9-7-11(20)14(21)15-13(9)18-10-5-4-8(19(2)3)6-12(10)23-15/h4-7,18H,1-3H3,(H,17,22). The second-order valence-electron chi connectivity index (χ2n) is 5.34. The second-order valence-corrected chi connectivity index (χ2v) is 5.34. The maximum atomic E-state index is 12.1. The predicted molar refractivity (Wildman–Crippen MR) is 86.1 cm³/mol. The molecule has 1 aliphatic carbocycles. The van der Waals surface area contributed by atoms with Gasteiger partial charge in [-0.25, -0.2) is 0 Å². The van der Waals surface area contributed by atoms with Crippen LogP contribution in [0.5, 0.6) is 0 Å². The van der Waals surface area contributed by atoms with Gasteiger partial charge in [-0.15, -0.1) is 0 Å². The molecule has 0 radical (unpaired) electrons. The second kappa shape index (κ2) is 5.28. The molecule has 0 saturated carbocycles. The third kappa shape index (κ3) is 2.36. The summed E-state index contributed by atoms with van der Waals surface area (Å²) in [7, 11) is 5.21. The van der Waals surface area contributed by atoms with Crippen LogP contribution in [0, 0.1) is 10.8 Å². The smallest absolute Gasteiger partial charge is 0.270 e. The van der Waals surface area contributed by atoms with E-state index in [1.54, 1.807) is 12.1 Å². The number of hydrogen-bond acceptors (Lipinski definition) is 5. The molecule has 3 rings (SSSR count). The molecule has 0 aromatic heterocycles. The zero-order chi connectivity index (χ0) is 16.7. The Morgan fingerprint density at radius 3 is 2.61 bits per heavy atom. The van der Waals surface area contributed by atoms with Crippen molar-refractivity contribution in [1.29, 1.82) is 0 Å². The van der Waals surface area contributed by atoms with Crippen molar-refractivity contribution < 1.29 is 9.21 Å². The Morgan fingerprint density at radius 2 is 1.96 bits per heavy atom. The van der Waals surface area contributed by atoms with Gasteiger partial charge in [0, 0.05) is 39.0 Å². The summed E-state index contributed by atoms with van der Waals surface area (Å²) in [5, 5.41) is 2.65. The fourth-order valence-corrected chi connectivity index (χ4v) is 2.37. The summed E-state index contributed by atoms with van der Waals surface area (Å²) in [6, 6.07) is 6.44. The van der Waals surface area contributed by atoms with Gasteiger partial charge in [0.2, 0.25) is 10.8 Å². The van der Waals surface area contributed by atoms with Crippen molar-refractivity contribution in [1.82, 2.24) is 10.3 Å². The molecule has 0 bridgehead atoms. The van der Waals surface area contributed by atoms with Crippen molar-refractivity contribution in [3.63, 3.8) is 0 Å². The Balaban J connectivity index is 2.50. The lowest BCUT2D eigenvalue weighted by atomic mass is 10.2. The average Bonchev–Trinajstić information content (AvgIpc) is 2.55. The van der Waals surface area contributed by atoms with E-state index in [-0.39, 0.29) is 16.3 Å². The van der Waals surface area contributed by atoms with E-state index in [9.17, 15) is 14.4 Å². The molecule has 0 atom stereocenters. The summed E-state index contributed by atoms with van der Waals surface area (Å²) < 4.78 is 5.63. The number of nitrogens with zero attached hydrogens (tertiary/aromatic N) is 1. The highest BCUT2D eigenvalue weighted by Crippen LogP contribution is 2.19. The molecule has 0 saturated heterocycles. The lowest BCUT2D eigenvalue weighted by Gasteiger charge is -2.12. The van der Waals surface area contributed by atoms with E-state index in [1.807, 2.05) is 25.1 Å². The van der Waals surface area contributed by atoms with E-state index in [1.165, 1.54) is 7.05 Å². The quantitative estimate of drug-likeness (QED) is 0.677. The van der Waals surface area contributed by atoms with Gasteiger partial charge in [-0.05, 0) is 12.1 Å². The van der Waals surface area contributed by atoms with E-state index in [0.29, 0.717) is 11.1 Å². The number of aromatic nitrogens is 1. The highest BCUT2D eigenvalue weighted by molar-refractivity contribution is 5.94. The zero-order valence-corrected chi connectivity index (χ0v) is 12.9. The highest BCUT2D eigenvalue weighted by atomic mass is 16.3. The summed E-state index contributed by atoms with van der Waals surface area (Å²) in [4.78, 5) is 40.7. The maximum absolute atomic E-state index is 12.1. The predicted octanol–water partition coefficient (Wildman–Crippen LogP) is 0.632. The lowest BCUT2D eigenvalue weighted by molar-refractivity contribution is 0.0961. The molecule has 1 aromatic carbocycles. The number of hydrogen-bond donors (Lipinski definition) is 2. The Bertz CT molecular complexity index is 1090. The summed E-state index contributed by atoms with van der Waals surface area (Å²) in [5.41, 5.74) is 0.290. The molecule has 0 fully saturated rings. The van der Waals surface area contributed by atoms with Gasteiger partial charge in [-0.2, -0.15) is 0 Å². The lowest BCUT2D eigenvalue weighted by Crippen LogP contribution is -2.29. The van der Waals surface area contributed by atoms with Crippen LogP contribution < -0.4 is 21.1 Å². The van der Waals surface area contributed by atoms with Crippen molar-refractivity contribution in [3.8, 4) is 0 Å². The molecule has 1 aromatic rings. The van der Waals surface area contributed by atoms with Gasteiger partial charge in [0.25, 0.3) is 11.3 Å². The first kappa shape index (κ1) is 14.8. The molecule has 2 aliphatic rings. The van der Waals surface area contributed by atoms with Crippen molar-refractivity contribution in [2.45, 2.75) is 0 Å². The van der Waals surface area contributed by atoms with Crippen LogP contribution >= 0.6 is 0 Å². The van der Waals surface area contributed by atoms with Gasteiger partial charge in [-0.1, -0.05) is 0 Å². The maximum Gasteiger partial charge on any atom is 0.270 e. The number of rotatable bonds is 2. The Labute approximate surface area is 130 Å². The molecular weight excluding hydrogens is 298 g/mol. The minimum Gasteiger partial charge on any atom is -0.449 e. The van der Waals surface area contributed by atoms with Crippen LogP contribution in [0.3, 0.4) is 0 Å². The Morgan fingerprint density at radius 1 is 1.22 bits per heavy atom. The van der Waals surface area contributed by atoms with Crippen molar-refractivity contribution >= 4 is 22.7 Å². The molecule has 1 amide bonds. The van der Waals surface area contributed by atoms with Crippen LogP contribution in [0.2, 0.25) is 0 Å². The minimum atomic E-state index is -0.781. The average molecular weight is 313 g/mol. The minimum absolute atomic E-state index is 0.0782. The Kier molecular flexibility index (Phi) is 3.40. The monoisotopic (exact) mass is 313 g/mol. The van der Waals surface area contributed by atoms with Crippen molar-refractivity contribution in [2.24, 2.45) is 0 Å². The van der Waals surface area contributed by atoms with E-state index in [0.717, 1.165) is 11.8 Å². The summed E-state index contributed by atoms with van der Waals surface area (Å²) >= 11 is 0. The van der Waals surface area contributed by atoms with Gasteiger partial charge in [0.05, 0.1) is 16.4 Å². The van der Waals surface area contributed by atoms with Gasteiger partial charge >= 0.3 is 0 Å². The number of amides is 1. The molecule has 1 aliphatic heterocycles. The van der Waals surface area contributed by atoms with Crippen LogP contribution in [-0.2, 0) is 0 Å². The number of nitrogens with one attached hydrogen (secondary N) is 2. The van der Waals surface area contributed by atoms with Crippen LogP contribution in [0.4, 0.5) is 5.69 Å². The summed E-state index contributed by atoms with van der Waals surface area (Å²) in [6.45, 7) is 0. The molecule has 0 spiro atoms. The number of H-pyrrole nitrogens is 1. The molecule has 0 unspecified atom stereocenters. The van der Waals surface area contributed by atoms with Gasteiger partial charge in [0.15, 0.2) is 5.58 Å². The SMILES string of the molecule is CNC(=O)c1cc(=O)c(=O)c2oc3cc(N(C)C)ccc3[nH]c1=2. The molecule has 23 heavy (non-hydrogen) atoms. The van der Waals surface area contributed by atoms with E-state index < -0.39 is 16.8 Å². The Hall–Kier alpha value is -3.09. The van der Waals surface area contributed by atoms with Crippen LogP contribution in [0.15, 0.2) is 38.3 Å². The number of carbonyl (C=O) groups is 1. The number of aromatic amines is 1. The first-order valence-electron chi connectivity index (χ1n) is 6.95. The van der Waals surface area contributed by atoms with Crippen molar-refractivity contribution in [3.05, 3.63) is 61.0 Å². The van der Waals surface area contributed by atoms with Gasteiger partial charge < -0.3 is 19.6 Å². The fourth-order valence-electron chi connectivity index (χ4n) is 2.37. The molecule has 118 valence electrons. The molecular formula is C16H15N3O4. The first-order chi connectivity index (χ1) is 10.9. The summed E-state index contributed by atoms with van der Waals surface area (Å²) in [6.07, 6.45) is 0. The number of fused-ring (bicyclic) bond motifs is 1. The fraction of sp³-hybridized carbons (Fsp3) is 0.188. The van der Waals surface area contributed by atoms with E-state index in [4.69, 9.17) is 4.42 Å². The summed E-state index contributed by atoms with van der Waals surface area (Å²) in [5.74, 6) is -0.470. The molecule has 2 N–H and O–H groups in total. The molecule has 7 heteroatoms. The van der Waals surface area contributed by atoms with E-state index in [2.05, 4.69) is 10.3 Å². The van der Waals surface area contributed by atoms with Crippen LogP contribution in [0.1, 0.15) is 10.4 Å². The number of benzene rings is 1. The van der Waals surface area contributed by atoms with Gasteiger partial charge in [-0.3, -0.25) is 14.4 Å². The molecule has 7 nitrogen and oxygen atoms in total. The number of anilines is 1. The molecule has 1 heterocycles. The third-order valence-electron chi connectivity index (χ3n) is 3.63. The normalized spacial score (nSPS) is 10.9.